The summed E-state index contributed by atoms with van der Waals surface area (Å²) in [6.45, 7) is 0. The van der Waals surface area contributed by atoms with E-state index in [0.29, 0.717) is 16.8 Å². The Morgan fingerprint density at radius 1 is 1.00 bits per heavy atom. The lowest BCUT2D eigenvalue weighted by molar-refractivity contribution is -0.383. The highest BCUT2D eigenvalue weighted by molar-refractivity contribution is 6.13. The van der Waals surface area contributed by atoms with Gasteiger partial charge in [-0.25, -0.2) is 0 Å². The maximum absolute atomic E-state index is 11.0. The normalized spacial score (nSPS) is 11.0. The molecule has 2 aromatic rings. The molecule has 0 aliphatic rings. The van der Waals surface area contributed by atoms with Crippen molar-refractivity contribution >= 4 is 23.0 Å². The molecular weight excluding hydrogens is 284 g/mol. The number of nitrogen functional groups attached to an aromatic ring is 1. The van der Waals surface area contributed by atoms with Crippen LogP contribution < -0.4 is 17.2 Å². The summed E-state index contributed by atoms with van der Waals surface area (Å²) in [6, 6.07) is 13.5. The molecule has 22 heavy (non-hydrogen) atoms. The molecule has 0 atom stereocenters. The average molecular weight is 298 g/mol. The van der Waals surface area contributed by atoms with Crippen molar-refractivity contribution in [1.82, 2.24) is 0 Å². The van der Waals surface area contributed by atoms with Gasteiger partial charge in [0.25, 0.3) is 5.69 Å². The molecule has 0 heterocycles. The van der Waals surface area contributed by atoms with Gasteiger partial charge in [-0.1, -0.05) is 36.4 Å². The molecule has 0 aliphatic heterocycles. The SMILES string of the molecule is NC(N)=N/N=C(\c1ccccc1)c1ccc(N)c([N+](=O)[O-])c1. The highest BCUT2D eigenvalue weighted by Gasteiger charge is 2.15. The van der Waals surface area contributed by atoms with Gasteiger partial charge in [-0.15, -0.1) is 10.2 Å². The minimum Gasteiger partial charge on any atom is -0.393 e. The first-order valence-electron chi connectivity index (χ1n) is 6.25. The molecule has 112 valence electrons. The largest absolute Gasteiger partial charge is 0.393 e. The average Bonchev–Trinajstić information content (AvgIpc) is 2.49. The van der Waals surface area contributed by atoms with E-state index in [-0.39, 0.29) is 17.3 Å². The molecule has 6 N–H and O–H groups in total. The van der Waals surface area contributed by atoms with Crippen molar-refractivity contribution in [3.63, 3.8) is 0 Å². The third-order valence-corrected chi connectivity index (χ3v) is 2.81. The maximum Gasteiger partial charge on any atom is 0.292 e. The summed E-state index contributed by atoms with van der Waals surface area (Å²) in [5.41, 5.74) is 17.7. The van der Waals surface area contributed by atoms with E-state index in [1.54, 1.807) is 18.2 Å². The van der Waals surface area contributed by atoms with Crippen LogP contribution >= 0.6 is 0 Å². The zero-order valence-corrected chi connectivity index (χ0v) is 11.5. The van der Waals surface area contributed by atoms with Gasteiger partial charge in [0.15, 0.2) is 0 Å². The van der Waals surface area contributed by atoms with Gasteiger partial charge in [0.2, 0.25) is 5.96 Å². The molecule has 0 radical (unpaired) electrons. The van der Waals surface area contributed by atoms with Crippen molar-refractivity contribution in [3.8, 4) is 0 Å². The first-order valence-corrected chi connectivity index (χ1v) is 6.25. The number of anilines is 1. The van der Waals surface area contributed by atoms with Crippen LogP contribution in [0.15, 0.2) is 58.7 Å². The van der Waals surface area contributed by atoms with Gasteiger partial charge in [0, 0.05) is 17.2 Å². The Morgan fingerprint density at radius 2 is 1.68 bits per heavy atom. The number of nitrogens with two attached hydrogens (primary N) is 3. The molecule has 8 nitrogen and oxygen atoms in total. The van der Waals surface area contributed by atoms with Gasteiger partial charge >= 0.3 is 0 Å². The third-order valence-electron chi connectivity index (χ3n) is 2.81. The number of guanidine groups is 1. The number of hydrogen-bond acceptors (Lipinski definition) is 5. The van der Waals surface area contributed by atoms with Crippen LogP contribution in [0.5, 0.6) is 0 Å². The smallest absolute Gasteiger partial charge is 0.292 e. The Hall–Kier alpha value is -3.42. The Balaban J connectivity index is 2.60. The summed E-state index contributed by atoms with van der Waals surface area (Å²) in [5, 5.41) is 18.6. The first kappa shape index (κ1) is 15.0. The summed E-state index contributed by atoms with van der Waals surface area (Å²) >= 11 is 0. The number of benzene rings is 2. The van der Waals surface area contributed by atoms with Crippen LogP contribution in [0.1, 0.15) is 11.1 Å². The molecule has 0 amide bonds. The number of rotatable bonds is 4. The van der Waals surface area contributed by atoms with Gasteiger partial charge in [-0.05, 0) is 6.07 Å². The molecule has 8 heteroatoms. The Morgan fingerprint density at radius 3 is 2.27 bits per heavy atom. The molecule has 0 aromatic heterocycles. The second-order valence-corrected chi connectivity index (χ2v) is 4.37. The minimum atomic E-state index is -0.554. The molecule has 0 saturated heterocycles. The van der Waals surface area contributed by atoms with Crippen LogP contribution in [0.25, 0.3) is 0 Å². The fourth-order valence-corrected chi connectivity index (χ4v) is 1.83. The monoisotopic (exact) mass is 298 g/mol. The molecular formula is C14H14N6O2. The van der Waals surface area contributed by atoms with Gasteiger partial charge in [0.05, 0.1) is 4.92 Å². The van der Waals surface area contributed by atoms with Crippen molar-refractivity contribution < 1.29 is 4.92 Å². The van der Waals surface area contributed by atoms with Gasteiger partial charge in [0.1, 0.15) is 11.4 Å². The Bertz CT molecular complexity index is 751. The van der Waals surface area contributed by atoms with E-state index in [0.717, 1.165) is 0 Å². The number of hydrogen-bond donors (Lipinski definition) is 3. The maximum atomic E-state index is 11.0. The molecule has 0 fully saturated rings. The number of nitro groups is 1. The molecule has 0 aliphatic carbocycles. The molecule has 0 bridgehead atoms. The van der Waals surface area contributed by atoms with E-state index in [2.05, 4.69) is 10.2 Å². The van der Waals surface area contributed by atoms with E-state index in [1.807, 2.05) is 18.2 Å². The lowest BCUT2D eigenvalue weighted by Gasteiger charge is -2.06. The van der Waals surface area contributed by atoms with Gasteiger partial charge < -0.3 is 17.2 Å². The van der Waals surface area contributed by atoms with Crippen LogP contribution in [0, 0.1) is 10.1 Å². The van der Waals surface area contributed by atoms with E-state index < -0.39 is 4.92 Å². The van der Waals surface area contributed by atoms with Crippen LogP contribution in [0.3, 0.4) is 0 Å². The van der Waals surface area contributed by atoms with Crippen molar-refractivity contribution in [2.24, 2.45) is 21.7 Å². The second kappa shape index (κ2) is 6.35. The van der Waals surface area contributed by atoms with Crippen molar-refractivity contribution in [1.29, 1.82) is 0 Å². The summed E-state index contributed by atoms with van der Waals surface area (Å²) < 4.78 is 0. The molecule has 2 rings (SSSR count). The molecule has 2 aromatic carbocycles. The topological polar surface area (TPSA) is 146 Å². The van der Waals surface area contributed by atoms with E-state index in [1.165, 1.54) is 12.1 Å². The van der Waals surface area contributed by atoms with E-state index in [9.17, 15) is 10.1 Å². The van der Waals surface area contributed by atoms with Gasteiger partial charge in [-0.2, -0.15) is 0 Å². The zero-order valence-electron chi connectivity index (χ0n) is 11.5. The number of nitro benzene ring substituents is 1. The predicted molar refractivity (Wildman–Crippen MR) is 85.4 cm³/mol. The van der Waals surface area contributed by atoms with E-state index in [4.69, 9.17) is 17.2 Å². The van der Waals surface area contributed by atoms with E-state index >= 15 is 0 Å². The van der Waals surface area contributed by atoms with Crippen molar-refractivity contribution in [2.45, 2.75) is 0 Å². The summed E-state index contributed by atoms with van der Waals surface area (Å²) in [5.74, 6) is -0.210. The lowest BCUT2D eigenvalue weighted by atomic mass is 10.0. The highest BCUT2D eigenvalue weighted by Crippen LogP contribution is 2.24. The van der Waals surface area contributed by atoms with Crippen LogP contribution in [-0.4, -0.2) is 16.6 Å². The first-order chi connectivity index (χ1) is 10.5. The Labute approximate surface area is 126 Å². The molecule has 0 unspecified atom stereocenters. The minimum absolute atomic E-state index is 0.0722. The van der Waals surface area contributed by atoms with Crippen molar-refractivity contribution in [3.05, 3.63) is 69.8 Å². The summed E-state index contributed by atoms with van der Waals surface area (Å²) in [6.07, 6.45) is 0. The zero-order chi connectivity index (χ0) is 16.1. The quantitative estimate of drug-likeness (QED) is 0.255. The van der Waals surface area contributed by atoms with Crippen LogP contribution in [0.2, 0.25) is 0 Å². The molecule has 0 spiro atoms. The van der Waals surface area contributed by atoms with Gasteiger partial charge in [-0.3, -0.25) is 10.1 Å². The molecule has 0 saturated carbocycles. The van der Waals surface area contributed by atoms with Crippen LogP contribution in [-0.2, 0) is 0 Å². The highest BCUT2D eigenvalue weighted by atomic mass is 16.6. The lowest BCUT2D eigenvalue weighted by Crippen LogP contribution is -2.22. The summed E-state index contributed by atoms with van der Waals surface area (Å²) in [7, 11) is 0. The predicted octanol–water partition coefficient (Wildman–Crippen LogP) is 1.20. The third kappa shape index (κ3) is 3.37. The fraction of sp³-hybridized carbons (Fsp3) is 0. The van der Waals surface area contributed by atoms with Crippen LogP contribution in [0.4, 0.5) is 11.4 Å². The number of nitrogens with zero attached hydrogens (tertiary/aromatic N) is 3. The second-order valence-electron chi connectivity index (χ2n) is 4.37. The fourth-order valence-electron chi connectivity index (χ4n) is 1.83. The standard InChI is InChI=1S/C14H14N6O2/c15-11-7-6-10(8-12(11)20(21)22)13(18-19-14(16)17)9-4-2-1-3-5-9/h1-8H,15H2,(H4,16,17,19)/b18-13+. The Kier molecular flexibility index (Phi) is 4.33. The summed E-state index contributed by atoms with van der Waals surface area (Å²) in [4.78, 5) is 10.5. The van der Waals surface area contributed by atoms with Crippen molar-refractivity contribution in [2.75, 3.05) is 5.73 Å².